The van der Waals surface area contributed by atoms with E-state index in [9.17, 15) is 14.4 Å². The summed E-state index contributed by atoms with van der Waals surface area (Å²) >= 11 is 0. The van der Waals surface area contributed by atoms with Gasteiger partial charge in [-0.15, -0.1) is 0 Å². The molecule has 0 saturated carbocycles. The third-order valence-corrected chi connectivity index (χ3v) is 16.0. The monoisotopic (exact) mass is 1070 g/mol. The molecule has 0 spiro atoms. The van der Waals surface area contributed by atoms with Gasteiger partial charge < -0.3 is 14.2 Å². The molecule has 76 heavy (non-hydrogen) atoms. The summed E-state index contributed by atoms with van der Waals surface area (Å²) < 4.78 is 17.0. The molecule has 0 aliphatic heterocycles. The number of hydrogen-bond donors (Lipinski definition) is 0. The Morgan fingerprint density at radius 2 is 0.434 bits per heavy atom. The van der Waals surface area contributed by atoms with Gasteiger partial charge >= 0.3 is 17.9 Å². The van der Waals surface area contributed by atoms with Crippen LogP contribution in [0.2, 0.25) is 0 Å². The van der Waals surface area contributed by atoms with Gasteiger partial charge in [0.1, 0.15) is 13.2 Å². The smallest absolute Gasteiger partial charge is 0.306 e. The number of rotatable bonds is 65. The minimum atomic E-state index is -0.768. The molecule has 1 unspecified atom stereocenters. The molecule has 0 rings (SSSR count). The van der Waals surface area contributed by atoms with Crippen molar-refractivity contribution in [2.45, 2.75) is 406 Å². The van der Waals surface area contributed by atoms with Crippen LogP contribution in [0.25, 0.3) is 0 Å². The molecule has 0 heterocycles. The first-order valence-corrected chi connectivity index (χ1v) is 34.7. The number of allylic oxidation sites excluding steroid dienone is 2. The summed E-state index contributed by atoms with van der Waals surface area (Å²) in [5.74, 6) is -0.835. The predicted molar refractivity (Wildman–Crippen MR) is 330 cm³/mol. The molecular weight excluding hydrogens is 937 g/mol. The highest BCUT2D eigenvalue weighted by molar-refractivity contribution is 5.71. The molecule has 0 aliphatic rings. The summed E-state index contributed by atoms with van der Waals surface area (Å²) in [7, 11) is 0. The fourth-order valence-electron chi connectivity index (χ4n) is 10.8. The van der Waals surface area contributed by atoms with Crippen LogP contribution in [0, 0.1) is 0 Å². The number of hydrogen-bond acceptors (Lipinski definition) is 6. The molecule has 1 atom stereocenters. The second kappa shape index (κ2) is 65.7. The SMILES string of the molecule is CCCCCCCCC/C=C\CCCCCCCCCC(=O)OC(COC(=O)CCCCCCCCCCCCCCCC)COC(=O)CCCCCCCCCCCCCCCCCCCCCCCCCCCC. The van der Waals surface area contributed by atoms with Crippen molar-refractivity contribution in [3.63, 3.8) is 0 Å². The Morgan fingerprint density at radius 3 is 0.658 bits per heavy atom. The van der Waals surface area contributed by atoms with E-state index in [2.05, 4.69) is 32.9 Å². The summed E-state index contributed by atoms with van der Waals surface area (Å²) in [5, 5.41) is 0. The summed E-state index contributed by atoms with van der Waals surface area (Å²) in [5.41, 5.74) is 0. The van der Waals surface area contributed by atoms with Gasteiger partial charge in [-0.1, -0.05) is 348 Å². The topological polar surface area (TPSA) is 78.9 Å². The second-order valence-electron chi connectivity index (χ2n) is 23.8. The van der Waals surface area contributed by atoms with Gasteiger partial charge in [-0.3, -0.25) is 14.4 Å². The molecule has 0 bridgehead atoms. The largest absolute Gasteiger partial charge is 0.462 e. The Morgan fingerprint density at radius 1 is 0.250 bits per heavy atom. The van der Waals surface area contributed by atoms with Crippen LogP contribution in [-0.2, 0) is 28.6 Å². The van der Waals surface area contributed by atoms with Crippen molar-refractivity contribution in [1.82, 2.24) is 0 Å². The van der Waals surface area contributed by atoms with Crippen molar-refractivity contribution in [3.8, 4) is 0 Å². The molecule has 0 aromatic rings. The van der Waals surface area contributed by atoms with E-state index in [4.69, 9.17) is 14.2 Å². The Hall–Kier alpha value is -1.85. The zero-order valence-electron chi connectivity index (χ0n) is 51.8. The van der Waals surface area contributed by atoms with Gasteiger partial charge in [0, 0.05) is 19.3 Å². The fraction of sp³-hybridized carbons (Fsp3) is 0.929. The van der Waals surface area contributed by atoms with Gasteiger partial charge in [-0.05, 0) is 44.9 Å². The minimum absolute atomic E-state index is 0.0650. The second-order valence-corrected chi connectivity index (χ2v) is 23.8. The van der Waals surface area contributed by atoms with E-state index < -0.39 is 6.10 Å². The highest BCUT2D eigenvalue weighted by Gasteiger charge is 2.19. The van der Waals surface area contributed by atoms with Gasteiger partial charge in [-0.25, -0.2) is 0 Å². The first-order chi connectivity index (χ1) is 37.5. The van der Waals surface area contributed by atoms with Crippen LogP contribution < -0.4 is 0 Å². The molecule has 0 aliphatic carbocycles. The van der Waals surface area contributed by atoms with Crippen LogP contribution >= 0.6 is 0 Å². The maximum absolute atomic E-state index is 12.9. The van der Waals surface area contributed by atoms with Crippen molar-refractivity contribution in [1.29, 1.82) is 0 Å². The molecule has 450 valence electrons. The van der Waals surface area contributed by atoms with E-state index in [1.165, 1.54) is 302 Å². The molecule has 0 saturated heterocycles. The lowest BCUT2D eigenvalue weighted by Crippen LogP contribution is -2.30. The molecule has 0 aromatic carbocycles. The van der Waals surface area contributed by atoms with Crippen molar-refractivity contribution in [3.05, 3.63) is 12.2 Å². The molecule has 6 nitrogen and oxygen atoms in total. The number of unbranched alkanes of at least 4 members (excludes halogenated alkanes) is 52. The Labute approximate surface area is 475 Å². The fourth-order valence-corrected chi connectivity index (χ4v) is 10.8. The lowest BCUT2D eigenvalue weighted by Gasteiger charge is -2.18. The van der Waals surface area contributed by atoms with Crippen LogP contribution in [0.3, 0.4) is 0 Å². The lowest BCUT2D eigenvalue weighted by molar-refractivity contribution is -0.167. The standard InChI is InChI=1S/C70H134O6/c1-4-7-10-13-16-19-22-25-28-30-32-33-34-35-36-37-38-39-41-42-45-48-51-54-57-60-63-69(72)75-66-67(65-74-68(71)62-59-56-53-50-47-44-27-24-21-18-15-12-9-6-3)76-70(73)64-61-58-55-52-49-46-43-40-31-29-26-23-20-17-14-11-8-5-2/h29,31,67H,4-28,30,32-66H2,1-3H3/b31-29-. The summed E-state index contributed by atoms with van der Waals surface area (Å²) in [6.07, 6.45) is 78.1. The van der Waals surface area contributed by atoms with Crippen molar-refractivity contribution >= 4 is 17.9 Å². The molecule has 0 amide bonds. The Bertz CT molecular complexity index is 1180. The van der Waals surface area contributed by atoms with E-state index in [1.54, 1.807) is 0 Å². The zero-order chi connectivity index (χ0) is 55.0. The maximum atomic E-state index is 12.9. The summed E-state index contributed by atoms with van der Waals surface area (Å²) in [4.78, 5) is 38.4. The first kappa shape index (κ1) is 74.2. The van der Waals surface area contributed by atoms with Gasteiger partial charge in [-0.2, -0.15) is 0 Å². The van der Waals surface area contributed by atoms with Crippen LogP contribution in [0.4, 0.5) is 0 Å². The quantitative estimate of drug-likeness (QED) is 0.0261. The third kappa shape index (κ3) is 63.0. The first-order valence-electron chi connectivity index (χ1n) is 34.7. The third-order valence-electron chi connectivity index (χ3n) is 16.0. The maximum Gasteiger partial charge on any atom is 0.306 e. The van der Waals surface area contributed by atoms with E-state index in [0.717, 1.165) is 57.8 Å². The van der Waals surface area contributed by atoms with Crippen LogP contribution in [0.15, 0.2) is 12.2 Å². The molecule has 0 radical (unpaired) electrons. The average Bonchev–Trinajstić information content (AvgIpc) is 3.42. The predicted octanol–water partition coefficient (Wildman–Crippen LogP) is 23.6. The van der Waals surface area contributed by atoms with E-state index >= 15 is 0 Å². The van der Waals surface area contributed by atoms with E-state index in [-0.39, 0.29) is 31.1 Å². The highest BCUT2D eigenvalue weighted by atomic mass is 16.6. The summed E-state index contributed by atoms with van der Waals surface area (Å²) in [6.45, 7) is 6.72. The van der Waals surface area contributed by atoms with Gasteiger partial charge in [0.15, 0.2) is 6.10 Å². The van der Waals surface area contributed by atoms with Crippen LogP contribution in [-0.4, -0.2) is 37.2 Å². The number of esters is 3. The Balaban J connectivity index is 4.21. The molecule has 0 N–H and O–H groups in total. The van der Waals surface area contributed by atoms with Crippen molar-refractivity contribution in [2.75, 3.05) is 13.2 Å². The Kier molecular flexibility index (Phi) is 64.1. The van der Waals surface area contributed by atoms with Crippen molar-refractivity contribution in [2.24, 2.45) is 0 Å². The normalized spacial score (nSPS) is 12.0. The van der Waals surface area contributed by atoms with Gasteiger partial charge in [0.2, 0.25) is 0 Å². The molecule has 0 aromatic heterocycles. The van der Waals surface area contributed by atoms with Gasteiger partial charge in [0.05, 0.1) is 0 Å². The molecule has 0 fully saturated rings. The van der Waals surface area contributed by atoms with E-state index in [0.29, 0.717) is 19.3 Å². The molecule has 6 heteroatoms. The average molecular weight is 1070 g/mol. The number of carbonyl (C=O) groups is 3. The molecular formula is C70H134O6. The van der Waals surface area contributed by atoms with E-state index in [1.807, 2.05) is 0 Å². The van der Waals surface area contributed by atoms with Gasteiger partial charge in [0.25, 0.3) is 0 Å². The summed E-state index contributed by atoms with van der Waals surface area (Å²) in [6, 6.07) is 0. The highest BCUT2D eigenvalue weighted by Crippen LogP contribution is 2.19. The number of carbonyl (C=O) groups excluding carboxylic acids is 3. The van der Waals surface area contributed by atoms with Crippen LogP contribution in [0.1, 0.15) is 400 Å². The van der Waals surface area contributed by atoms with Crippen LogP contribution in [0.5, 0.6) is 0 Å². The zero-order valence-corrected chi connectivity index (χ0v) is 51.8. The number of ether oxygens (including phenoxy) is 3. The van der Waals surface area contributed by atoms with Crippen molar-refractivity contribution < 1.29 is 28.6 Å². The lowest BCUT2D eigenvalue weighted by atomic mass is 10.0. The minimum Gasteiger partial charge on any atom is -0.462 e.